The third kappa shape index (κ3) is 2.33. The van der Waals surface area contributed by atoms with Gasteiger partial charge in [-0.2, -0.15) is 0 Å². The number of hydrogen-bond donors (Lipinski definition) is 1. The molecule has 0 atom stereocenters. The van der Waals surface area contributed by atoms with Crippen LogP contribution in [0.25, 0.3) is 0 Å². The first-order chi connectivity index (χ1) is 6.52. The van der Waals surface area contributed by atoms with Crippen LogP contribution in [-0.4, -0.2) is 11.8 Å². The summed E-state index contributed by atoms with van der Waals surface area (Å²) >= 11 is 5.83. The maximum absolute atomic E-state index is 11.4. The van der Waals surface area contributed by atoms with Gasteiger partial charge in [0.1, 0.15) is 0 Å². The third-order valence-corrected chi connectivity index (χ3v) is 2.21. The summed E-state index contributed by atoms with van der Waals surface area (Å²) in [6.45, 7) is 3.02. The van der Waals surface area contributed by atoms with Gasteiger partial charge in [-0.1, -0.05) is 17.7 Å². The van der Waals surface area contributed by atoms with Crippen LogP contribution in [0.2, 0.25) is 5.02 Å². The van der Waals surface area contributed by atoms with Gasteiger partial charge in [-0.25, -0.2) is 0 Å². The van der Waals surface area contributed by atoms with Crippen LogP contribution in [0, 0.1) is 6.92 Å². The van der Waals surface area contributed by atoms with Crippen molar-refractivity contribution < 1.29 is 9.59 Å². The molecule has 0 saturated heterocycles. The summed E-state index contributed by atoms with van der Waals surface area (Å²) in [4.78, 5) is 22.1. The number of amides is 2. The van der Waals surface area contributed by atoms with Crippen molar-refractivity contribution in [2.45, 2.75) is 13.8 Å². The van der Waals surface area contributed by atoms with Gasteiger partial charge in [0.05, 0.1) is 0 Å². The van der Waals surface area contributed by atoms with Gasteiger partial charge >= 0.3 is 0 Å². The molecule has 1 aromatic carbocycles. The van der Waals surface area contributed by atoms with Crippen molar-refractivity contribution >= 4 is 23.4 Å². The van der Waals surface area contributed by atoms with Crippen LogP contribution in [0.15, 0.2) is 18.2 Å². The van der Waals surface area contributed by atoms with Crippen molar-refractivity contribution in [1.29, 1.82) is 0 Å². The molecule has 0 radical (unpaired) electrons. The minimum absolute atomic E-state index is 0.380. The number of rotatable bonds is 1. The molecule has 0 spiro atoms. The predicted molar refractivity (Wildman–Crippen MR) is 54.3 cm³/mol. The van der Waals surface area contributed by atoms with Crippen LogP contribution in [0.1, 0.15) is 22.8 Å². The molecule has 0 aliphatic carbocycles. The highest BCUT2D eigenvalue weighted by Crippen LogP contribution is 2.18. The van der Waals surface area contributed by atoms with Gasteiger partial charge in [0.2, 0.25) is 5.91 Å². The highest BCUT2D eigenvalue weighted by Gasteiger charge is 2.11. The second kappa shape index (κ2) is 4.24. The summed E-state index contributed by atoms with van der Waals surface area (Å²) in [5.41, 5.74) is 1.10. The van der Waals surface area contributed by atoms with E-state index in [4.69, 9.17) is 11.6 Å². The number of benzene rings is 1. The fraction of sp³-hybridized carbons (Fsp3) is 0.200. The molecule has 0 fully saturated rings. The Labute approximate surface area is 87.1 Å². The maximum Gasteiger partial charge on any atom is 0.258 e. The monoisotopic (exact) mass is 211 g/mol. The lowest BCUT2D eigenvalue weighted by molar-refractivity contribution is -0.118. The Morgan fingerprint density at radius 3 is 2.57 bits per heavy atom. The minimum Gasteiger partial charge on any atom is -0.293 e. The van der Waals surface area contributed by atoms with Gasteiger partial charge in [0, 0.05) is 17.5 Å². The predicted octanol–water partition coefficient (Wildman–Crippen LogP) is 1.92. The molecular weight excluding hydrogens is 202 g/mol. The van der Waals surface area contributed by atoms with Gasteiger partial charge in [-0.05, 0) is 24.6 Å². The molecule has 1 N–H and O–H groups in total. The Morgan fingerprint density at radius 2 is 2.00 bits per heavy atom. The largest absolute Gasteiger partial charge is 0.293 e. The molecule has 0 saturated carbocycles. The number of nitrogens with one attached hydrogen (secondary N) is 1. The first-order valence-corrected chi connectivity index (χ1v) is 4.47. The zero-order valence-corrected chi connectivity index (χ0v) is 8.68. The quantitative estimate of drug-likeness (QED) is 0.772. The first-order valence-electron chi connectivity index (χ1n) is 4.09. The highest BCUT2D eigenvalue weighted by atomic mass is 35.5. The van der Waals surface area contributed by atoms with Crippen LogP contribution in [0.4, 0.5) is 0 Å². The van der Waals surface area contributed by atoms with Crippen LogP contribution in [0.3, 0.4) is 0 Å². The summed E-state index contributed by atoms with van der Waals surface area (Å²) in [5.74, 6) is -0.799. The average molecular weight is 212 g/mol. The average Bonchev–Trinajstić information content (AvgIpc) is 2.08. The molecular formula is C10H10ClNO2. The second-order valence-electron chi connectivity index (χ2n) is 2.92. The Kier molecular flexibility index (Phi) is 3.25. The Balaban J connectivity index is 3.01. The van der Waals surface area contributed by atoms with E-state index in [9.17, 15) is 9.59 Å². The maximum atomic E-state index is 11.4. The van der Waals surface area contributed by atoms with Crippen molar-refractivity contribution in [3.8, 4) is 0 Å². The van der Waals surface area contributed by atoms with Crippen LogP contribution in [-0.2, 0) is 4.79 Å². The van der Waals surface area contributed by atoms with Gasteiger partial charge in [-0.15, -0.1) is 0 Å². The third-order valence-electron chi connectivity index (χ3n) is 1.80. The standard InChI is InChI=1S/C10H10ClNO2/c1-6-8(4-3-5-9(6)11)10(14)12-7(2)13/h3-5H,1-2H3,(H,12,13,14). The molecule has 0 aromatic heterocycles. The molecule has 0 aliphatic heterocycles. The van der Waals surface area contributed by atoms with Crippen molar-refractivity contribution in [3.05, 3.63) is 34.3 Å². The number of hydrogen-bond acceptors (Lipinski definition) is 2. The lowest BCUT2D eigenvalue weighted by atomic mass is 10.1. The van der Waals surface area contributed by atoms with Crippen molar-refractivity contribution in [1.82, 2.24) is 5.32 Å². The fourth-order valence-corrected chi connectivity index (χ4v) is 1.26. The van der Waals surface area contributed by atoms with Gasteiger partial charge < -0.3 is 0 Å². The Morgan fingerprint density at radius 1 is 1.36 bits per heavy atom. The zero-order chi connectivity index (χ0) is 10.7. The normalized spacial score (nSPS) is 9.64. The van der Waals surface area contributed by atoms with Crippen LogP contribution < -0.4 is 5.32 Å². The lowest BCUT2D eigenvalue weighted by Crippen LogP contribution is -2.28. The number of imide groups is 1. The van der Waals surface area contributed by atoms with E-state index in [-0.39, 0.29) is 5.91 Å². The van der Waals surface area contributed by atoms with E-state index >= 15 is 0 Å². The zero-order valence-electron chi connectivity index (χ0n) is 7.93. The molecule has 4 heteroatoms. The Bertz CT molecular complexity index is 388. The van der Waals surface area contributed by atoms with E-state index in [1.54, 1.807) is 25.1 Å². The number of carbonyl (C=O) groups is 2. The minimum atomic E-state index is -0.419. The molecule has 2 amide bonds. The summed E-state index contributed by atoms with van der Waals surface area (Å²) in [6.07, 6.45) is 0. The van der Waals surface area contributed by atoms with Crippen molar-refractivity contribution in [3.63, 3.8) is 0 Å². The van der Waals surface area contributed by atoms with E-state index in [0.717, 1.165) is 0 Å². The first kappa shape index (κ1) is 10.7. The van der Waals surface area contributed by atoms with E-state index in [1.807, 2.05) is 0 Å². The van der Waals surface area contributed by atoms with Crippen molar-refractivity contribution in [2.24, 2.45) is 0 Å². The molecule has 0 heterocycles. The van der Waals surface area contributed by atoms with Gasteiger partial charge in [0.15, 0.2) is 0 Å². The van der Waals surface area contributed by atoms with E-state index in [0.29, 0.717) is 16.1 Å². The van der Waals surface area contributed by atoms with Gasteiger partial charge in [-0.3, -0.25) is 14.9 Å². The summed E-state index contributed by atoms with van der Waals surface area (Å²) in [6, 6.07) is 4.99. The molecule has 1 rings (SSSR count). The molecule has 74 valence electrons. The van der Waals surface area contributed by atoms with Crippen LogP contribution in [0.5, 0.6) is 0 Å². The molecule has 0 aliphatic rings. The fourth-order valence-electron chi connectivity index (χ4n) is 1.08. The van der Waals surface area contributed by atoms with E-state index in [2.05, 4.69) is 5.32 Å². The molecule has 14 heavy (non-hydrogen) atoms. The highest BCUT2D eigenvalue weighted by molar-refractivity contribution is 6.31. The topological polar surface area (TPSA) is 46.2 Å². The number of carbonyl (C=O) groups excluding carboxylic acids is 2. The molecule has 3 nitrogen and oxygen atoms in total. The molecule has 1 aromatic rings. The summed E-state index contributed by atoms with van der Waals surface area (Å²) < 4.78 is 0. The summed E-state index contributed by atoms with van der Waals surface area (Å²) in [5, 5.41) is 2.71. The van der Waals surface area contributed by atoms with E-state index in [1.165, 1.54) is 6.92 Å². The smallest absolute Gasteiger partial charge is 0.258 e. The molecule has 0 unspecified atom stereocenters. The SMILES string of the molecule is CC(=O)NC(=O)c1cccc(Cl)c1C. The van der Waals surface area contributed by atoms with E-state index < -0.39 is 5.91 Å². The van der Waals surface area contributed by atoms with Crippen molar-refractivity contribution in [2.75, 3.05) is 0 Å². The lowest BCUT2D eigenvalue weighted by Gasteiger charge is -2.05. The Hall–Kier alpha value is -1.35. The summed E-state index contributed by atoms with van der Waals surface area (Å²) in [7, 11) is 0. The second-order valence-corrected chi connectivity index (χ2v) is 3.33. The molecule has 0 bridgehead atoms. The van der Waals surface area contributed by atoms with Crippen LogP contribution >= 0.6 is 11.6 Å². The number of halogens is 1. The van der Waals surface area contributed by atoms with Gasteiger partial charge in [0.25, 0.3) is 5.91 Å².